The summed E-state index contributed by atoms with van der Waals surface area (Å²) in [5, 5.41) is 0. The normalized spacial score (nSPS) is 11.2. The molecule has 2 heterocycles. The van der Waals surface area contributed by atoms with Crippen LogP contribution in [0.5, 0.6) is 0 Å². The molecule has 0 aliphatic heterocycles. The molecule has 7 nitrogen and oxygen atoms in total. The van der Waals surface area contributed by atoms with Crippen LogP contribution in [0.1, 0.15) is 11.1 Å². The fourth-order valence-electron chi connectivity index (χ4n) is 3.96. The van der Waals surface area contributed by atoms with Crippen LogP contribution in [0.15, 0.2) is 84.2 Å². The van der Waals surface area contributed by atoms with Crippen molar-refractivity contribution in [2.24, 2.45) is 11.5 Å². The van der Waals surface area contributed by atoms with Crippen LogP contribution in [-0.4, -0.2) is 19.1 Å². The number of fused-ring (bicyclic) bond motifs is 1. The van der Waals surface area contributed by atoms with Gasteiger partial charge in [-0.25, -0.2) is 14.4 Å². The minimum absolute atomic E-state index is 0.104. The number of rotatable bonds is 5. The smallest absolute Gasteiger partial charge is 0.284 e. The van der Waals surface area contributed by atoms with Crippen molar-refractivity contribution in [1.82, 2.24) is 19.1 Å². The summed E-state index contributed by atoms with van der Waals surface area (Å²) in [6.07, 6.45) is 2.83. The van der Waals surface area contributed by atoms with Gasteiger partial charge in [0.05, 0.1) is 5.69 Å². The summed E-state index contributed by atoms with van der Waals surface area (Å²) in [5.41, 5.74) is 15.9. The van der Waals surface area contributed by atoms with Crippen LogP contribution < -0.4 is 17.0 Å². The van der Waals surface area contributed by atoms with E-state index in [9.17, 15) is 4.79 Å². The molecule has 3 aromatic carbocycles. The van der Waals surface area contributed by atoms with Gasteiger partial charge in [0, 0.05) is 18.8 Å². The van der Waals surface area contributed by atoms with Crippen LogP contribution >= 0.6 is 0 Å². The highest BCUT2D eigenvalue weighted by atomic mass is 19.1. The molecular formula is C25H21FN6O. The van der Waals surface area contributed by atoms with Gasteiger partial charge >= 0.3 is 0 Å². The first-order valence-corrected chi connectivity index (χ1v) is 10.4. The number of aromatic nitrogens is 4. The summed E-state index contributed by atoms with van der Waals surface area (Å²) in [4.78, 5) is 21.9. The van der Waals surface area contributed by atoms with Gasteiger partial charge in [-0.15, -0.1) is 0 Å². The Morgan fingerprint density at radius 2 is 1.64 bits per heavy atom. The molecule has 2 aromatic heterocycles. The zero-order chi connectivity index (χ0) is 22.9. The molecule has 0 aliphatic carbocycles. The van der Waals surface area contributed by atoms with Crippen molar-refractivity contribution in [3.63, 3.8) is 0 Å². The third-order valence-corrected chi connectivity index (χ3v) is 5.65. The van der Waals surface area contributed by atoms with Crippen molar-refractivity contribution >= 4 is 11.2 Å². The Kier molecular flexibility index (Phi) is 5.29. The maximum atomic E-state index is 15.2. The lowest BCUT2D eigenvalue weighted by Gasteiger charge is -2.12. The van der Waals surface area contributed by atoms with Gasteiger partial charge in [0.1, 0.15) is 18.5 Å². The van der Waals surface area contributed by atoms with E-state index in [0.29, 0.717) is 18.7 Å². The van der Waals surface area contributed by atoms with E-state index in [2.05, 4.69) is 9.97 Å². The molecule has 0 unspecified atom stereocenters. The van der Waals surface area contributed by atoms with Crippen molar-refractivity contribution in [3.8, 4) is 22.5 Å². The van der Waals surface area contributed by atoms with Crippen molar-refractivity contribution in [1.29, 1.82) is 0 Å². The summed E-state index contributed by atoms with van der Waals surface area (Å²) in [7, 11) is 0. The Morgan fingerprint density at radius 1 is 0.848 bits per heavy atom. The van der Waals surface area contributed by atoms with Crippen LogP contribution in [0.4, 0.5) is 4.39 Å². The van der Waals surface area contributed by atoms with E-state index in [0.717, 1.165) is 22.4 Å². The lowest BCUT2D eigenvalue weighted by Crippen LogP contribution is -2.21. The molecule has 0 radical (unpaired) electrons. The molecular weight excluding hydrogens is 419 g/mol. The number of hydrogen-bond acceptors (Lipinski definition) is 5. The SMILES string of the molecule is NCc1cccc(-n2cnc3ncn(-c4ccc(-c5ccccc5CN)cc4F)c(=O)c32)c1. The van der Waals surface area contributed by atoms with E-state index < -0.39 is 11.4 Å². The predicted molar refractivity (Wildman–Crippen MR) is 126 cm³/mol. The van der Waals surface area contributed by atoms with E-state index in [1.54, 1.807) is 16.7 Å². The minimum Gasteiger partial charge on any atom is -0.326 e. The molecule has 5 aromatic rings. The molecule has 8 heteroatoms. The van der Waals surface area contributed by atoms with Crippen LogP contribution in [0.25, 0.3) is 33.7 Å². The van der Waals surface area contributed by atoms with Crippen molar-refractivity contribution in [3.05, 3.63) is 107 Å². The monoisotopic (exact) mass is 440 g/mol. The number of nitrogens with zero attached hydrogens (tertiary/aromatic N) is 4. The third-order valence-electron chi connectivity index (χ3n) is 5.65. The molecule has 164 valence electrons. The molecule has 4 N–H and O–H groups in total. The maximum Gasteiger partial charge on any atom is 0.284 e. The minimum atomic E-state index is -0.543. The Hall–Kier alpha value is -4.14. The zero-order valence-corrected chi connectivity index (χ0v) is 17.6. The second kappa shape index (κ2) is 8.42. The molecule has 33 heavy (non-hydrogen) atoms. The number of hydrogen-bond donors (Lipinski definition) is 2. The van der Waals surface area contributed by atoms with Gasteiger partial charge in [0.25, 0.3) is 5.56 Å². The van der Waals surface area contributed by atoms with Gasteiger partial charge < -0.3 is 11.5 Å². The first-order chi connectivity index (χ1) is 16.1. The van der Waals surface area contributed by atoms with Gasteiger partial charge in [-0.2, -0.15) is 0 Å². The van der Waals surface area contributed by atoms with Crippen molar-refractivity contribution in [2.45, 2.75) is 13.1 Å². The van der Waals surface area contributed by atoms with E-state index in [1.165, 1.54) is 23.3 Å². The second-order valence-corrected chi connectivity index (χ2v) is 7.61. The number of halogens is 1. The maximum absolute atomic E-state index is 15.2. The van der Waals surface area contributed by atoms with Gasteiger partial charge in [-0.05, 0) is 46.5 Å². The molecule has 0 atom stereocenters. The highest BCUT2D eigenvalue weighted by Crippen LogP contribution is 2.26. The van der Waals surface area contributed by atoms with Crippen LogP contribution in [0.2, 0.25) is 0 Å². The Balaban J connectivity index is 1.64. The first kappa shape index (κ1) is 20.7. The van der Waals surface area contributed by atoms with Crippen LogP contribution in [0, 0.1) is 5.82 Å². The van der Waals surface area contributed by atoms with Gasteiger partial charge in [-0.3, -0.25) is 13.9 Å². The lowest BCUT2D eigenvalue weighted by molar-refractivity contribution is 0.616. The van der Waals surface area contributed by atoms with Gasteiger partial charge in [0.2, 0.25) is 0 Å². The fourth-order valence-corrected chi connectivity index (χ4v) is 3.96. The van der Waals surface area contributed by atoms with Crippen LogP contribution in [0.3, 0.4) is 0 Å². The Bertz CT molecular complexity index is 1540. The van der Waals surface area contributed by atoms with E-state index >= 15 is 4.39 Å². The lowest BCUT2D eigenvalue weighted by atomic mass is 9.99. The summed E-state index contributed by atoms with van der Waals surface area (Å²) < 4.78 is 18.1. The highest BCUT2D eigenvalue weighted by Gasteiger charge is 2.16. The standard InChI is InChI=1S/C25H21FN6O/c26-21-11-17(20-7-2-1-5-18(20)13-28)8-9-22(21)32-15-30-24-23(25(32)33)31(14-29-24)19-6-3-4-16(10-19)12-27/h1-11,14-15H,12-13,27-28H2. The molecule has 5 rings (SSSR count). The van der Waals surface area contributed by atoms with E-state index in [4.69, 9.17) is 11.5 Å². The second-order valence-electron chi connectivity index (χ2n) is 7.61. The predicted octanol–water partition coefficient (Wildman–Crippen LogP) is 3.29. The average Bonchev–Trinajstić information content (AvgIpc) is 3.30. The topological polar surface area (TPSA) is 105 Å². The molecule has 0 amide bonds. The van der Waals surface area contributed by atoms with Crippen LogP contribution in [-0.2, 0) is 13.1 Å². The molecule has 0 bridgehead atoms. The summed E-state index contributed by atoms with van der Waals surface area (Å²) in [5.74, 6) is -0.543. The molecule has 0 saturated heterocycles. The largest absolute Gasteiger partial charge is 0.326 e. The third kappa shape index (κ3) is 3.61. The molecule has 0 saturated carbocycles. The summed E-state index contributed by atoms with van der Waals surface area (Å²) >= 11 is 0. The van der Waals surface area contributed by atoms with Gasteiger partial charge in [-0.1, -0.05) is 42.5 Å². The van der Waals surface area contributed by atoms with E-state index in [1.807, 2.05) is 48.5 Å². The first-order valence-electron chi connectivity index (χ1n) is 10.4. The van der Waals surface area contributed by atoms with Crippen molar-refractivity contribution < 1.29 is 4.39 Å². The Labute approximate surface area is 188 Å². The number of imidazole rings is 1. The summed E-state index contributed by atoms with van der Waals surface area (Å²) in [6, 6.07) is 19.8. The molecule has 0 spiro atoms. The number of nitrogens with two attached hydrogens (primary N) is 2. The zero-order valence-electron chi connectivity index (χ0n) is 17.6. The fraction of sp³-hybridized carbons (Fsp3) is 0.0800. The Morgan fingerprint density at radius 3 is 2.39 bits per heavy atom. The molecule has 0 aliphatic rings. The quantitative estimate of drug-likeness (QED) is 0.436. The van der Waals surface area contributed by atoms with Gasteiger partial charge in [0.15, 0.2) is 11.2 Å². The van der Waals surface area contributed by atoms with E-state index in [-0.39, 0.29) is 16.9 Å². The number of benzene rings is 3. The highest BCUT2D eigenvalue weighted by molar-refractivity contribution is 5.73. The summed E-state index contributed by atoms with van der Waals surface area (Å²) in [6.45, 7) is 0.711. The van der Waals surface area contributed by atoms with Crippen molar-refractivity contribution in [2.75, 3.05) is 0 Å². The average molecular weight is 440 g/mol. The molecule has 0 fully saturated rings.